The predicted molar refractivity (Wildman–Crippen MR) is 107 cm³/mol. The van der Waals surface area contributed by atoms with Gasteiger partial charge in [-0.3, -0.25) is 24.4 Å². The fourth-order valence-electron chi connectivity index (χ4n) is 3.87. The first-order valence-electron chi connectivity index (χ1n) is 9.23. The van der Waals surface area contributed by atoms with Crippen LogP contribution in [0.3, 0.4) is 0 Å². The molecule has 4 aromatic rings. The summed E-state index contributed by atoms with van der Waals surface area (Å²) in [5.74, 6) is -1.20. The number of H-pyrrole nitrogens is 2. The van der Waals surface area contributed by atoms with Gasteiger partial charge in [-0.25, -0.2) is 4.98 Å². The number of anilines is 1. The summed E-state index contributed by atoms with van der Waals surface area (Å²) in [5.41, 5.74) is 2.48. The van der Waals surface area contributed by atoms with Gasteiger partial charge in [0.2, 0.25) is 17.8 Å². The number of aryl methyl sites for hydroxylation is 1. The van der Waals surface area contributed by atoms with E-state index in [1.165, 1.54) is 4.68 Å². The number of carbonyl (C=O) groups excluding carboxylic acids is 2. The lowest BCUT2D eigenvalue weighted by atomic mass is 9.98. The lowest BCUT2D eigenvalue weighted by molar-refractivity contribution is -0.121. The third kappa shape index (κ3) is 2.60. The Balaban J connectivity index is 1.57. The Kier molecular flexibility index (Phi) is 3.73. The average molecular weight is 387 g/mol. The van der Waals surface area contributed by atoms with Crippen molar-refractivity contribution in [3.05, 3.63) is 76.2 Å². The highest BCUT2D eigenvalue weighted by atomic mass is 16.2. The van der Waals surface area contributed by atoms with Crippen molar-refractivity contribution >= 4 is 28.5 Å². The van der Waals surface area contributed by atoms with E-state index in [-0.39, 0.29) is 17.9 Å². The maximum Gasteiger partial charge on any atom is 0.278 e. The summed E-state index contributed by atoms with van der Waals surface area (Å²) >= 11 is 0. The van der Waals surface area contributed by atoms with Gasteiger partial charge in [-0.1, -0.05) is 30.3 Å². The summed E-state index contributed by atoms with van der Waals surface area (Å²) in [7, 11) is 0. The highest BCUT2D eigenvalue weighted by Gasteiger charge is 2.43. The molecule has 1 aliphatic heterocycles. The maximum atomic E-state index is 13.1. The van der Waals surface area contributed by atoms with Crippen molar-refractivity contribution in [3.63, 3.8) is 0 Å². The van der Waals surface area contributed by atoms with Gasteiger partial charge >= 0.3 is 0 Å². The van der Waals surface area contributed by atoms with Crippen molar-refractivity contribution in [2.75, 3.05) is 4.90 Å². The van der Waals surface area contributed by atoms with Crippen molar-refractivity contribution in [1.82, 2.24) is 19.7 Å². The Morgan fingerprint density at radius 2 is 1.72 bits per heavy atom. The molecule has 2 aromatic carbocycles. The number of nitrogens with one attached hydrogen (secondary N) is 2. The van der Waals surface area contributed by atoms with Crippen LogP contribution in [0.5, 0.6) is 0 Å². The Morgan fingerprint density at radius 3 is 2.48 bits per heavy atom. The summed E-state index contributed by atoms with van der Waals surface area (Å²) < 4.78 is 1.29. The molecule has 5 rings (SSSR count). The van der Waals surface area contributed by atoms with Crippen LogP contribution < -0.4 is 10.5 Å². The molecule has 8 heteroatoms. The zero-order chi connectivity index (χ0) is 20.1. The minimum absolute atomic E-state index is 0.0399. The molecule has 0 aliphatic carbocycles. The van der Waals surface area contributed by atoms with E-state index in [9.17, 15) is 14.4 Å². The molecule has 3 heterocycles. The van der Waals surface area contributed by atoms with Crippen LogP contribution in [0.1, 0.15) is 23.6 Å². The van der Waals surface area contributed by atoms with Gasteiger partial charge in [0.25, 0.3) is 5.56 Å². The van der Waals surface area contributed by atoms with Crippen LogP contribution in [-0.2, 0) is 9.59 Å². The molecule has 0 radical (unpaired) electrons. The van der Waals surface area contributed by atoms with E-state index in [1.807, 2.05) is 30.3 Å². The zero-order valence-electron chi connectivity index (χ0n) is 15.5. The van der Waals surface area contributed by atoms with Gasteiger partial charge in [0.05, 0.1) is 28.2 Å². The van der Waals surface area contributed by atoms with Crippen molar-refractivity contribution in [2.24, 2.45) is 0 Å². The molecule has 0 saturated carbocycles. The molecule has 29 heavy (non-hydrogen) atoms. The molecule has 0 unspecified atom stereocenters. The Morgan fingerprint density at radius 1 is 1.00 bits per heavy atom. The molecular formula is C21H17N5O3. The molecular weight excluding hydrogens is 370 g/mol. The quantitative estimate of drug-likeness (QED) is 0.527. The molecule has 2 aromatic heterocycles. The van der Waals surface area contributed by atoms with Gasteiger partial charge in [-0.2, -0.15) is 4.68 Å². The molecule has 2 N–H and O–H groups in total. The van der Waals surface area contributed by atoms with Gasteiger partial charge in [-0.15, -0.1) is 0 Å². The lowest BCUT2D eigenvalue weighted by Crippen LogP contribution is -2.31. The third-order valence-electron chi connectivity index (χ3n) is 5.22. The minimum Gasteiger partial charge on any atom is -0.322 e. The summed E-state index contributed by atoms with van der Waals surface area (Å²) in [6.07, 6.45) is -0.0399. The average Bonchev–Trinajstić information content (AvgIpc) is 3.36. The Labute approximate surface area is 164 Å². The maximum absolute atomic E-state index is 13.1. The zero-order valence-corrected chi connectivity index (χ0v) is 15.5. The second kappa shape index (κ2) is 6.30. The minimum atomic E-state index is -0.822. The first-order chi connectivity index (χ1) is 14.0. The normalized spacial score (nSPS) is 16.9. The monoisotopic (exact) mass is 387 g/mol. The van der Waals surface area contributed by atoms with Crippen molar-refractivity contribution in [3.8, 4) is 5.95 Å². The van der Waals surface area contributed by atoms with E-state index in [1.54, 1.807) is 31.2 Å². The van der Waals surface area contributed by atoms with Crippen molar-refractivity contribution in [2.45, 2.75) is 19.3 Å². The van der Waals surface area contributed by atoms with Crippen LogP contribution in [0.2, 0.25) is 0 Å². The van der Waals surface area contributed by atoms with Crippen LogP contribution in [0.15, 0.2) is 59.4 Å². The van der Waals surface area contributed by atoms with Crippen LogP contribution in [-0.4, -0.2) is 31.6 Å². The van der Waals surface area contributed by atoms with E-state index in [2.05, 4.69) is 15.1 Å². The standard InChI is InChI=1S/C21H17N5O3/c1-12-18(14-11-17(27)25(19(14)28)13-7-3-2-4-8-13)20(29)26(24-12)21-22-15-9-5-6-10-16(15)23-21/h2-10,14,24H,11H2,1H3,(H,22,23)/t14-/m0/s1. The fraction of sp³-hybridized carbons (Fsp3) is 0.143. The number of aromatic amines is 2. The van der Waals surface area contributed by atoms with Gasteiger partial charge in [0.1, 0.15) is 0 Å². The molecule has 1 saturated heterocycles. The topological polar surface area (TPSA) is 104 Å². The first-order valence-corrected chi connectivity index (χ1v) is 9.23. The molecule has 1 fully saturated rings. The second-order valence-electron chi connectivity index (χ2n) is 7.03. The summed E-state index contributed by atoms with van der Waals surface area (Å²) in [6, 6.07) is 16.2. The van der Waals surface area contributed by atoms with Gasteiger partial charge < -0.3 is 4.98 Å². The van der Waals surface area contributed by atoms with Crippen molar-refractivity contribution < 1.29 is 9.59 Å². The number of aromatic nitrogens is 4. The highest BCUT2D eigenvalue weighted by Crippen LogP contribution is 2.33. The van der Waals surface area contributed by atoms with Crippen LogP contribution in [0.4, 0.5) is 5.69 Å². The number of benzene rings is 2. The largest absolute Gasteiger partial charge is 0.322 e. The Bertz CT molecular complexity index is 1280. The number of hydrogen-bond donors (Lipinski definition) is 2. The SMILES string of the molecule is Cc1[nH]n(-c2nc3ccccc3[nH]2)c(=O)c1[C@@H]1CC(=O)N(c2ccccc2)C1=O. The van der Waals surface area contributed by atoms with E-state index in [0.717, 1.165) is 15.9 Å². The molecule has 1 atom stereocenters. The van der Waals surface area contributed by atoms with Crippen molar-refractivity contribution in [1.29, 1.82) is 0 Å². The number of carbonyl (C=O) groups is 2. The smallest absolute Gasteiger partial charge is 0.278 e. The second-order valence-corrected chi connectivity index (χ2v) is 7.03. The number of rotatable bonds is 3. The van der Waals surface area contributed by atoms with E-state index >= 15 is 0 Å². The molecule has 144 valence electrons. The van der Waals surface area contributed by atoms with Gasteiger partial charge in [0, 0.05) is 12.1 Å². The van der Waals surface area contributed by atoms with E-state index in [0.29, 0.717) is 22.9 Å². The number of nitrogens with zero attached hydrogens (tertiary/aromatic N) is 3. The lowest BCUT2D eigenvalue weighted by Gasteiger charge is -2.14. The number of imide groups is 1. The van der Waals surface area contributed by atoms with E-state index in [4.69, 9.17) is 0 Å². The highest BCUT2D eigenvalue weighted by molar-refractivity contribution is 6.22. The number of hydrogen-bond acceptors (Lipinski definition) is 4. The van der Waals surface area contributed by atoms with E-state index < -0.39 is 11.8 Å². The number of para-hydroxylation sites is 3. The van der Waals surface area contributed by atoms with Crippen LogP contribution in [0.25, 0.3) is 17.0 Å². The summed E-state index contributed by atoms with van der Waals surface area (Å²) in [5, 5.41) is 2.99. The molecule has 2 amide bonds. The van der Waals surface area contributed by atoms with Gasteiger partial charge in [-0.05, 0) is 31.2 Å². The fourth-order valence-corrected chi connectivity index (χ4v) is 3.87. The summed E-state index contributed by atoms with van der Waals surface area (Å²) in [4.78, 5) is 47.4. The van der Waals surface area contributed by atoms with Crippen LogP contribution in [0, 0.1) is 6.92 Å². The summed E-state index contributed by atoms with van der Waals surface area (Å²) in [6.45, 7) is 1.72. The molecule has 0 bridgehead atoms. The first kappa shape index (κ1) is 17.2. The number of imidazole rings is 1. The number of amides is 2. The van der Waals surface area contributed by atoms with Crippen LogP contribution >= 0.6 is 0 Å². The molecule has 1 aliphatic rings. The predicted octanol–water partition coefficient (Wildman–Crippen LogP) is 2.40. The molecule has 0 spiro atoms. The Hall–Kier alpha value is -3.94. The third-order valence-corrected chi connectivity index (χ3v) is 5.22. The van der Waals surface area contributed by atoms with Gasteiger partial charge in [0.15, 0.2) is 0 Å². The number of fused-ring (bicyclic) bond motifs is 1. The molecule has 8 nitrogen and oxygen atoms in total.